The lowest BCUT2D eigenvalue weighted by molar-refractivity contribution is -0.123. The lowest BCUT2D eigenvalue weighted by Crippen LogP contribution is -2.44. The smallest absolute Gasteiger partial charge is 0.251 e. The monoisotopic (exact) mass is 641 g/mol. The lowest BCUT2D eigenvalue weighted by atomic mass is 9.81. The Balaban J connectivity index is 1.27. The second kappa shape index (κ2) is 10.1. The van der Waals surface area contributed by atoms with Crippen molar-refractivity contribution < 1.29 is 28.2 Å². The average Bonchev–Trinajstić information content (AvgIpc) is 3.93. The zero-order valence-electron chi connectivity index (χ0n) is 23.5. The molecule has 2 fully saturated rings. The number of carbonyl (C=O) groups excluding carboxylic acids is 2. The predicted molar refractivity (Wildman–Crippen MR) is 159 cm³/mol. The molecule has 0 spiro atoms. The molecule has 3 heterocycles. The van der Waals surface area contributed by atoms with E-state index < -0.39 is 34.5 Å². The van der Waals surface area contributed by atoms with Crippen LogP contribution in [-0.4, -0.2) is 44.8 Å². The molecule has 44 heavy (non-hydrogen) atoms. The first-order valence-corrected chi connectivity index (χ1v) is 15.0. The van der Waals surface area contributed by atoms with Gasteiger partial charge in [-0.2, -0.15) is 5.10 Å². The fraction of sp³-hybridized carbons (Fsp3) is 0.355. The number of pyridine rings is 1. The molecule has 2 amide bonds. The molecule has 2 saturated carbocycles. The first kappa shape index (κ1) is 28.9. The number of aromatic nitrogens is 3. The van der Waals surface area contributed by atoms with Crippen molar-refractivity contribution in [1.29, 1.82) is 0 Å². The Kier molecular flexibility index (Phi) is 6.65. The topological polar surface area (TPSA) is 132 Å². The van der Waals surface area contributed by atoms with E-state index in [0.717, 1.165) is 24.3 Å². The van der Waals surface area contributed by atoms with Crippen LogP contribution in [0.25, 0.3) is 22.2 Å². The van der Waals surface area contributed by atoms with Crippen molar-refractivity contribution in [1.82, 2.24) is 20.1 Å². The van der Waals surface area contributed by atoms with Crippen LogP contribution in [0.3, 0.4) is 0 Å². The number of aliphatic hydroxyl groups is 1. The summed E-state index contributed by atoms with van der Waals surface area (Å²) in [7, 11) is 0. The van der Waals surface area contributed by atoms with E-state index in [1.54, 1.807) is 13.0 Å². The van der Waals surface area contributed by atoms with Gasteiger partial charge in [0.1, 0.15) is 46.2 Å². The maximum atomic E-state index is 15.1. The Morgan fingerprint density at radius 2 is 1.89 bits per heavy atom. The quantitative estimate of drug-likeness (QED) is 0.227. The molecule has 0 radical (unpaired) electrons. The number of nitrogens with one attached hydrogen (secondary N) is 1. The number of halogens is 4. The minimum atomic E-state index is -1.72. The van der Waals surface area contributed by atoms with Gasteiger partial charge in [-0.15, -0.1) is 0 Å². The van der Waals surface area contributed by atoms with E-state index in [1.165, 1.54) is 12.1 Å². The summed E-state index contributed by atoms with van der Waals surface area (Å²) < 4.78 is 36.9. The zero-order chi connectivity index (χ0) is 31.1. The standard InChI is InChI=1S/C31H27Cl2F2N5O4/c1-30(29(36)42)13-44-27-19(30)9-24(38-26(27)18-8-20(32)23(35)10-22(18)34)31(43,16-2-3-16)12-37-28(41)14-6-15-11-40(17-4-5-17)39-25(15)21(33)7-14/h6-11,16-17,43H,2-5,12-13H2,1H3,(H2,36,42)(H,37,41)/t30-,31?/m0/s1. The van der Waals surface area contributed by atoms with Crippen molar-refractivity contribution in [3.05, 3.63) is 75.0 Å². The van der Waals surface area contributed by atoms with Crippen LogP contribution in [0.4, 0.5) is 8.78 Å². The Morgan fingerprint density at radius 1 is 1.14 bits per heavy atom. The second-order valence-corrected chi connectivity index (χ2v) is 12.9. The van der Waals surface area contributed by atoms with Gasteiger partial charge < -0.3 is 20.9 Å². The molecule has 0 saturated heterocycles. The van der Waals surface area contributed by atoms with Crippen molar-refractivity contribution >= 4 is 45.9 Å². The molecular formula is C31H27Cl2F2N5O4. The molecule has 228 valence electrons. The van der Waals surface area contributed by atoms with E-state index in [0.29, 0.717) is 41.1 Å². The van der Waals surface area contributed by atoms with Gasteiger partial charge in [-0.25, -0.2) is 13.8 Å². The zero-order valence-corrected chi connectivity index (χ0v) is 25.0. The van der Waals surface area contributed by atoms with Crippen LogP contribution in [0.15, 0.2) is 36.5 Å². The summed E-state index contributed by atoms with van der Waals surface area (Å²) in [6.07, 6.45) is 5.23. The maximum absolute atomic E-state index is 15.1. The van der Waals surface area contributed by atoms with E-state index in [1.807, 2.05) is 10.9 Å². The summed E-state index contributed by atoms with van der Waals surface area (Å²) in [5.74, 6) is -3.32. The van der Waals surface area contributed by atoms with Crippen molar-refractivity contribution in [2.75, 3.05) is 13.2 Å². The van der Waals surface area contributed by atoms with E-state index in [4.69, 9.17) is 33.7 Å². The van der Waals surface area contributed by atoms with E-state index in [2.05, 4.69) is 15.4 Å². The second-order valence-electron chi connectivity index (χ2n) is 12.1. The lowest BCUT2D eigenvalue weighted by Gasteiger charge is -2.30. The molecule has 3 aliphatic rings. The summed E-state index contributed by atoms with van der Waals surface area (Å²) in [6, 6.07) is 6.79. The number of benzene rings is 2. The molecule has 1 aliphatic heterocycles. The molecule has 0 bridgehead atoms. The molecule has 4 aromatic rings. The molecule has 1 unspecified atom stereocenters. The van der Waals surface area contributed by atoms with Gasteiger partial charge in [0.2, 0.25) is 5.91 Å². The van der Waals surface area contributed by atoms with E-state index >= 15 is 4.39 Å². The Morgan fingerprint density at radius 3 is 2.57 bits per heavy atom. The SMILES string of the molecule is C[C@]1(C(N)=O)COc2c1cc(C(O)(CNC(=O)c1cc(Cl)c3nn(C4CC4)cc3c1)C1CC1)nc2-c1cc(Cl)c(F)cc1F. The summed E-state index contributed by atoms with van der Waals surface area (Å²) >= 11 is 12.5. The normalized spacial score (nSPS) is 20.7. The van der Waals surface area contributed by atoms with Crippen LogP contribution >= 0.6 is 23.2 Å². The Labute approximate surface area is 260 Å². The summed E-state index contributed by atoms with van der Waals surface area (Å²) in [6.45, 7) is 1.18. The number of ether oxygens (including phenoxy) is 1. The predicted octanol–water partition coefficient (Wildman–Crippen LogP) is 5.18. The molecule has 2 atom stereocenters. The van der Waals surface area contributed by atoms with Crippen molar-refractivity contribution in [3.63, 3.8) is 0 Å². The van der Waals surface area contributed by atoms with Crippen LogP contribution < -0.4 is 15.8 Å². The number of hydrogen-bond acceptors (Lipinski definition) is 6. The minimum Gasteiger partial charge on any atom is -0.489 e. The minimum absolute atomic E-state index is 0.0721. The first-order valence-electron chi connectivity index (χ1n) is 14.2. The van der Waals surface area contributed by atoms with Crippen LogP contribution in [0.1, 0.15) is 60.3 Å². The maximum Gasteiger partial charge on any atom is 0.251 e. The number of nitrogens with zero attached hydrogens (tertiary/aromatic N) is 3. The van der Waals surface area contributed by atoms with Gasteiger partial charge in [0, 0.05) is 34.3 Å². The number of carbonyl (C=O) groups is 2. The Hall–Kier alpha value is -3.80. The van der Waals surface area contributed by atoms with Crippen LogP contribution in [0, 0.1) is 17.6 Å². The molecule has 9 nitrogen and oxygen atoms in total. The third-order valence-electron chi connectivity index (χ3n) is 8.86. The van der Waals surface area contributed by atoms with Gasteiger partial charge in [0.25, 0.3) is 5.91 Å². The number of nitrogens with two attached hydrogens (primary N) is 1. The van der Waals surface area contributed by atoms with Crippen LogP contribution in [-0.2, 0) is 15.8 Å². The molecule has 2 aromatic heterocycles. The highest BCUT2D eigenvalue weighted by molar-refractivity contribution is 6.35. The highest BCUT2D eigenvalue weighted by Crippen LogP contribution is 2.50. The molecule has 2 aromatic carbocycles. The fourth-order valence-corrected chi connectivity index (χ4v) is 6.21. The average molecular weight is 642 g/mol. The molecule has 4 N–H and O–H groups in total. The molecule has 2 aliphatic carbocycles. The van der Waals surface area contributed by atoms with Crippen molar-refractivity contribution in [2.24, 2.45) is 11.7 Å². The van der Waals surface area contributed by atoms with Gasteiger partial charge in [-0.05, 0) is 62.8 Å². The van der Waals surface area contributed by atoms with E-state index in [9.17, 15) is 19.1 Å². The largest absolute Gasteiger partial charge is 0.489 e. The molecule has 13 heteroatoms. The number of amides is 2. The summed E-state index contributed by atoms with van der Waals surface area (Å²) in [5, 5.41) is 20.2. The summed E-state index contributed by atoms with van der Waals surface area (Å²) in [4.78, 5) is 30.6. The number of rotatable bonds is 8. The van der Waals surface area contributed by atoms with Gasteiger partial charge in [0.05, 0.1) is 28.3 Å². The van der Waals surface area contributed by atoms with Crippen LogP contribution in [0.2, 0.25) is 10.0 Å². The van der Waals surface area contributed by atoms with Gasteiger partial charge in [-0.3, -0.25) is 14.3 Å². The number of primary amides is 1. The third kappa shape index (κ3) is 4.69. The highest BCUT2D eigenvalue weighted by Gasteiger charge is 2.50. The summed E-state index contributed by atoms with van der Waals surface area (Å²) in [5.41, 5.74) is 3.72. The highest BCUT2D eigenvalue weighted by atomic mass is 35.5. The molecular weight excluding hydrogens is 615 g/mol. The van der Waals surface area contributed by atoms with Crippen molar-refractivity contribution in [2.45, 2.75) is 49.7 Å². The van der Waals surface area contributed by atoms with Gasteiger partial charge >= 0.3 is 0 Å². The molecule has 7 rings (SSSR count). The first-order chi connectivity index (χ1) is 20.9. The van der Waals surface area contributed by atoms with E-state index in [-0.39, 0.29) is 52.4 Å². The van der Waals surface area contributed by atoms with Gasteiger partial charge in [-0.1, -0.05) is 23.2 Å². The third-order valence-corrected chi connectivity index (χ3v) is 9.44. The number of hydrogen-bond donors (Lipinski definition) is 3. The van der Waals surface area contributed by atoms with Gasteiger partial charge in [0.15, 0.2) is 0 Å². The van der Waals surface area contributed by atoms with Crippen molar-refractivity contribution in [3.8, 4) is 17.0 Å². The number of fused-ring (bicyclic) bond motifs is 2. The fourth-order valence-electron chi connectivity index (χ4n) is 5.79. The Bertz CT molecular complexity index is 1890. The van der Waals surface area contributed by atoms with Crippen LogP contribution in [0.5, 0.6) is 5.75 Å².